The molecule has 0 radical (unpaired) electrons. The van der Waals surface area contributed by atoms with Gasteiger partial charge in [-0.15, -0.1) is 0 Å². The van der Waals surface area contributed by atoms with Gasteiger partial charge in [-0.25, -0.2) is 0 Å². The standard InChI is InChI=1S/C30H35N3O2/c1-2-11-28-25(8-1)23-35-30-13-4-3-12-29(30)33(28)22-27-10-6-15-31(27)16-14-24-7-5-9-26(21-24)32-17-19-34-20-18-32/h1-5,7-9,11-13,21,27H,6,10,14-20,22-23H2. The van der Waals surface area contributed by atoms with Crippen LogP contribution in [0.25, 0.3) is 0 Å². The van der Waals surface area contributed by atoms with Gasteiger partial charge in [0, 0.05) is 49.2 Å². The summed E-state index contributed by atoms with van der Waals surface area (Å²) in [7, 11) is 0. The predicted molar refractivity (Wildman–Crippen MR) is 142 cm³/mol. The summed E-state index contributed by atoms with van der Waals surface area (Å²) in [6.45, 7) is 7.52. The first-order valence-corrected chi connectivity index (χ1v) is 13.1. The topological polar surface area (TPSA) is 28.2 Å². The van der Waals surface area contributed by atoms with Gasteiger partial charge < -0.3 is 19.3 Å². The van der Waals surface area contributed by atoms with Crippen LogP contribution >= 0.6 is 0 Å². The van der Waals surface area contributed by atoms with Crippen molar-refractivity contribution in [3.63, 3.8) is 0 Å². The van der Waals surface area contributed by atoms with Crippen molar-refractivity contribution in [2.24, 2.45) is 0 Å². The average Bonchev–Trinajstić information content (AvgIpc) is 3.31. The molecule has 0 aliphatic carbocycles. The lowest BCUT2D eigenvalue weighted by atomic mass is 10.1. The monoisotopic (exact) mass is 469 g/mol. The minimum Gasteiger partial charge on any atom is -0.487 e. The van der Waals surface area contributed by atoms with E-state index in [1.54, 1.807) is 0 Å². The molecule has 3 aromatic rings. The number of para-hydroxylation sites is 3. The Bertz CT molecular complexity index is 1100. The zero-order valence-corrected chi connectivity index (χ0v) is 20.4. The Morgan fingerprint density at radius 2 is 1.66 bits per heavy atom. The number of rotatable bonds is 6. The third-order valence-electron chi connectivity index (χ3n) is 7.69. The number of hydrogen-bond donors (Lipinski definition) is 0. The van der Waals surface area contributed by atoms with Gasteiger partial charge in [-0.3, -0.25) is 4.90 Å². The highest BCUT2D eigenvalue weighted by Crippen LogP contribution is 2.40. The summed E-state index contributed by atoms with van der Waals surface area (Å²) in [4.78, 5) is 7.65. The molecule has 6 rings (SSSR count). The van der Waals surface area contributed by atoms with Gasteiger partial charge in [0.2, 0.25) is 0 Å². The molecule has 3 heterocycles. The molecule has 0 amide bonds. The molecule has 0 bridgehead atoms. The van der Waals surface area contributed by atoms with E-state index in [1.165, 1.54) is 47.6 Å². The number of ether oxygens (including phenoxy) is 2. The fourth-order valence-electron chi connectivity index (χ4n) is 5.79. The highest BCUT2D eigenvalue weighted by atomic mass is 16.5. The van der Waals surface area contributed by atoms with Crippen molar-refractivity contribution in [1.29, 1.82) is 0 Å². The van der Waals surface area contributed by atoms with Gasteiger partial charge in [0.25, 0.3) is 0 Å². The third-order valence-corrected chi connectivity index (χ3v) is 7.69. The maximum Gasteiger partial charge on any atom is 0.143 e. The molecule has 0 spiro atoms. The summed E-state index contributed by atoms with van der Waals surface area (Å²) in [6.07, 6.45) is 3.60. The molecule has 3 aromatic carbocycles. The molecule has 3 aliphatic rings. The normalized spacial score (nSPS) is 20.2. The van der Waals surface area contributed by atoms with Gasteiger partial charge in [0.05, 0.1) is 18.9 Å². The maximum atomic E-state index is 6.20. The second kappa shape index (κ2) is 10.3. The third kappa shape index (κ3) is 4.89. The lowest BCUT2D eigenvalue weighted by Gasteiger charge is -2.33. The second-order valence-electron chi connectivity index (χ2n) is 9.85. The minimum absolute atomic E-state index is 0.539. The summed E-state index contributed by atoms with van der Waals surface area (Å²) >= 11 is 0. The molecular weight excluding hydrogens is 434 g/mol. The van der Waals surface area contributed by atoms with E-state index in [-0.39, 0.29) is 0 Å². The first-order chi connectivity index (χ1) is 17.3. The van der Waals surface area contributed by atoms with Crippen molar-refractivity contribution in [2.45, 2.75) is 31.9 Å². The van der Waals surface area contributed by atoms with E-state index in [2.05, 4.69) is 87.5 Å². The molecule has 1 atom stereocenters. The zero-order valence-electron chi connectivity index (χ0n) is 20.4. The highest BCUT2D eigenvalue weighted by Gasteiger charge is 2.29. The molecular formula is C30H35N3O2. The number of morpholine rings is 1. The van der Waals surface area contributed by atoms with E-state index in [1.807, 2.05) is 0 Å². The largest absolute Gasteiger partial charge is 0.487 e. The molecule has 2 fully saturated rings. The molecule has 35 heavy (non-hydrogen) atoms. The van der Waals surface area contributed by atoms with Crippen LogP contribution < -0.4 is 14.5 Å². The van der Waals surface area contributed by atoms with Crippen molar-refractivity contribution < 1.29 is 9.47 Å². The van der Waals surface area contributed by atoms with Crippen LogP contribution in [0.3, 0.4) is 0 Å². The van der Waals surface area contributed by atoms with E-state index in [4.69, 9.17) is 9.47 Å². The molecule has 5 nitrogen and oxygen atoms in total. The number of nitrogens with zero attached hydrogens (tertiary/aromatic N) is 3. The molecule has 0 aromatic heterocycles. The van der Waals surface area contributed by atoms with E-state index in [9.17, 15) is 0 Å². The Morgan fingerprint density at radius 1 is 0.829 bits per heavy atom. The highest BCUT2D eigenvalue weighted by molar-refractivity contribution is 5.72. The van der Waals surface area contributed by atoms with Gasteiger partial charge in [0.15, 0.2) is 0 Å². The van der Waals surface area contributed by atoms with Gasteiger partial charge in [-0.05, 0) is 61.7 Å². The second-order valence-corrected chi connectivity index (χ2v) is 9.85. The fourth-order valence-corrected chi connectivity index (χ4v) is 5.79. The van der Waals surface area contributed by atoms with E-state index >= 15 is 0 Å². The van der Waals surface area contributed by atoms with Crippen molar-refractivity contribution in [1.82, 2.24) is 4.90 Å². The van der Waals surface area contributed by atoms with E-state index in [0.29, 0.717) is 12.6 Å². The van der Waals surface area contributed by atoms with Crippen LogP contribution in [0, 0.1) is 0 Å². The number of anilines is 3. The molecule has 1 unspecified atom stereocenters. The Hall–Kier alpha value is -3.02. The molecule has 5 heteroatoms. The smallest absolute Gasteiger partial charge is 0.143 e. The first-order valence-electron chi connectivity index (χ1n) is 13.1. The lowest BCUT2D eigenvalue weighted by Crippen LogP contribution is -2.39. The van der Waals surface area contributed by atoms with E-state index in [0.717, 1.165) is 51.6 Å². The summed E-state index contributed by atoms with van der Waals surface area (Å²) in [5, 5.41) is 0. The molecule has 0 saturated carbocycles. The van der Waals surface area contributed by atoms with Crippen molar-refractivity contribution in [2.75, 3.05) is 55.7 Å². The van der Waals surface area contributed by atoms with Crippen molar-refractivity contribution in [3.05, 3.63) is 83.9 Å². The fraction of sp³-hybridized carbons (Fsp3) is 0.400. The van der Waals surface area contributed by atoms with Crippen LogP contribution in [-0.2, 0) is 17.8 Å². The van der Waals surface area contributed by atoms with Gasteiger partial charge in [0.1, 0.15) is 12.4 Å². The summed E-state index contributed by atoms with van der Waals surface area (Å²) in [5.74, 6) is 0.980. The van der Waals surface area contributed by atoms with Gasteiger partial charge in [-0.1, -0.05) is 42.5 Å². The molecule has 3 aliphatic heterocycles. The molecule has 0 N–H and O–H groups in total. The Labute approximate surface area is 208 Å². The van der Waals surface area contributed by atoms with Crippen LogP contribution in [0.5, 0.6) is 5.75 Å². The SMILES string of the molecule is c1cc(CCN2CCCC2CN2c3ccccc3COc3ccccc32)cc(N2CCOCC2)c1. The maximum absolute atomic E-state index is 6.20. The Balaban J connectivity index is 1.17. The number of likely N-dealkylation sites (tertiary alicyclic amines) is 1. The summed E-state index contributed by atoms with van der Waals surface area (Å²) < 4.78 is 11.7. The van der Waals surface area contributed by atoms with Crippen LogP contribution in [0.2, 0.25) is 0 Å². The Kier molecular flexibility index (Phi) is 6.61. The van der Waals surface area contributed by atoms with Crippen LogP contribution in [0.1, 0.15) is 24.0 Å². The first kappa shape index (κ1) is 22.4. The summed E-state index contributed by atoms with van der Waals surface area (Å²) in [6, 6.07) is 26.9. The minimum atomic E-state index is 0.539. The van der Waals surface area contributed by atoms with Crippen molar-refractivity contribution in [3.8, 4) is 5.75 Å². The quantitative estimate of drug-likeness (QED) is 0.491. The predicted octanol–water partition coefficient (Wildman–Crippen LogP) is 5.26. The summed E-state index contributed by atoms with van der Waals surface area (Å²) in [5.41, 5.74) is 6.48. The average molecular weight is 470 g/mol. The van der Waals surface area contributed by atoms with Crippen LogP contribution in [0.15, 0.2) is 72.8 Å². The molecule has 2 saturated heterocycles. The van der Waals surface area contributed by atoms with Crippen LogP contribution in [0.4, 0.5) is 17.1 Å². The van der Waals surface area contributed by atoms with Gasteiger partial charge >= 0.3 is 0 Å². The van der Waals surface area contributed by atoms with Crippen molar-refractivity contribution >= 4 is 17.1 Å². The van der Waals surface area contributed by atoms with Crippen LogP contribution in [-0.4, -0.2) is 56.9 Å². The number of fused-ring (bicyclic) bond motifs is 2. The number of hydrogen-bond acceptors (Lipinski definition) is 5. The number of benzene rings is 3. The van der Waals surface area contributed by atoms with Gasteiger partial charge in [-0.2, -0.15) is 0 Å². The van der Waals surface area contributed by atoms with E-state index < -0.39 is 0 Å². The Morgan fingerprint density at radius 3 is 2.57 bits per heavy atom. The lowest BCUT2D eigenvalue weighted by molar-refractivity contribution is 0.122. The zero-order chi connectivity index (χ0) is 23.5. The molecule has 182 valence electrons.